The number of ether oxygens (including phenoxy) is 4. The molecule has 0 spiro atoms. The fourth-order valence-electron chi connectivity index (χ4n) is 5.40. The number of likely N-dealkylation sites (N-methyl/N-ethyl adjacent to an activating group) is 1. The number of hydrogen-bond donors (Lipinski definition) is 5. The van der Waals surface area contributed by atoms with E-state index in [1.165, 1.54) is 0 Å². The molecular formula is C28H29N9O5. The van der Waals surface area contributed by atoms with Gasteiger partial charge in [-0.1, -0.05) is 16.3 Å². The lowest BCUT2D eigenvalue weighted by molar-refractivity contribution is 0.265. The summed E-state index contributed by atoms with van der Waals surface area (Å²) in [5, 5.41) is 27.1. The van der Waals surface area contributed by atoms with E-state index in [-0.39, 0.29) is 23.3 Å². The predicted octanol–water partition coefficient (Wildman–Crippen LogP) is 4.57. The Bertz CT molecular complexity index is 1770. The summed E-state index contributed by atoms with van der Waals surface area (Å²) in [4.78, 5) is 2.20. The second kappa shape index (κ2) is 11.5. The minimum atomic E-state index is -0.418. The number of nitrogens with one attached hydrogen (secondary N) is 2. The molecule has 0 radical (unpaired) electrons. The summed E-state index contributed by atoms with van der Waals surface area (Å²) < 4.78 is 22.6. The summed E-state index contributed by atoms with van der Waals surface area (Å²) >= 11 is 0. The van der Waals surface area contributed by atoms with Crippen LogP contribution in [0.2, 0.25) is 0 Å². The Morgan fingerprint density at radius 2 is 1.43 bits per heavy atom. The molecular weight excluding hydrogens is 542 g/mol. The second-order valence-electron chi connectivity index (χ2n) is 9.51. The molecule has 0 saturated carbocycles. The van der Waals surface area contributed by atoms with Crippen LogP contribution in [0.1, 0.15) is 22.7 Å². The molecule has 0 aromatic heterocycles. The van der Waals surface area contributed by atoms with Crippen LogP contribution in [0.15, 0.2) is 69.0 Å². The van der Waals surface area contributed by atoms with E-state index in [0.717, 1.165) is 38.2 Å². The molecule has 216 valence electrons. The molecule has 1 atom stereocenters. The summed E-state index contributed by atoms with van der Waals surface area (Å²) in [5.41, 5.74) is 17.4. The standard InChI is InChI=1S/C28H29N9O5/c1-37-7-6-14-10-24(41-27(33-29)34-30)25(42-28(35-31)36-32)11-18(14)26(37)21-9-15-8-16(38)4-5-17(15)19-12-22(39-2)23(40-3)13-20(19)21/h4-5,8-13,26,29,31,38H,6-7,30,32H2,1-3H3. The molecule has 42 heavy (non-hydrogen) atoms. The number of phenols is 1. The number of rotatable bonds is 5. The number of nitrogens with zero attached hydrogens (tertiary/aromatic N) is 5. The number of nitrogens with two attached hydrogens (primary N) is 2. The molecule has 1 aliphatic heterocycles. The van der Waals surface area contributed by atoms with Gasteiger partial charge in [0.1, 0.15) is 5.75 Å². The van der Waals surface area contributed by atoms with Gasteiger partial charge in [0.05, 0.1) is 20.3 Å². The summed E-state index contributed by atoms with van der Waals surface area (Å²) in [7, 11) is 5.19. The van der Waals surface area contributed by atoms with Crippen molar-refractivity contribution in [2.75, 3.05) is 27.8 Å². The average Bonchev–Trinajstić information content (AvgIpc) is 3.01. The molecule has 0 bridgehead atoms. The normalized spacial score (nSPS) is 15.7. The largest absolute Gasteiger partial charge is 0.508 e. The zero-order chi connectivity index (χ0) is 30.0. The SMILES string of the molecule is COc1cc2c(C3c4cc(OC(N=N)=NN)c(OC(N=N)=NN)cc4CCN3C)cc3cc(O)ccc3c2cc1OC. The summed E-state index contributed by atoms with van der Waals surface area (Å²) in [6.45, 7) is 0.697. The van der Waals surface area contributed by atoms with Gasteiger partial charge in [0.2, 0.25) is 0 Å². The van der Waals surface area contributed by atoms with Crippen LogP contribution >= 0.6 is 0 Å². The lowest BCUT2D eigenvalue weighted by atomic mass is 9.84. The molecule has 0 amide bonds. The van der Waals surface area contributed by atoms with Crippen molar-refractivity contribution in [1.82, 2.24) is 4.90 Å². The van der Waals surface area contributed by atoms with Crippen LogP contribution in [0.4, 0.5) is 0 Å². The Morgan fingerprint density at radius 3 is 2.02 bits per heavy atom. The maximum atomic E-state index is 10.3. The van der Waals surface area contributed by atoms with Crippen molar-refractivity contribution >= 4 is 33.6 Å². The average molecular weight is 572 g/mol. The number of fused-ring (bicyclic) bond motifs is 4. The van der Waals surface area contributed by atoms with E-state index in [0.29, 0.717) is 24.5 Å². The number of phenolic OH excluding ortho intramolecular Hbond substituents is 1. The van der Waals surface area contributed by atoms with Gasteiger partial charge in [-0.05, 0) is 94.2 Å². The molecule has 14 heteroatoms. The van der Waals surface area contributed by atoms with Gasteiger partial charge in [-0.15, -0.1) is 10.2 Å². The van der Waals surface area contributed by atoms with Crippen molar-refractivity contribution in [3.8, 4) is 28.7 Å². The first-order chi connectivity index (χ1) is 20.3. The molecule has 1 aliphatic rings. The molecule has 4 aromatic rings. The van der Waals surface area contributed by atoms with E-state index < -0.39 is 12.0 Å². The van der Waals surface area contributed by atoms with Crippen molar-refractivity contribution in [3.63, 3.8) is 0 Å². The Hall–Kier alpha value is -5.50. The molecule has 0 aliphatic carbocycles. The van der Waals surface area contributed by atoms with Gasteiger partial charge in [-0.2, -0.15) is 11.1 Å². The smallest absolute Gasteiger partial charge is 0.357 e. The van der Waals surface area contributed by atoms with Gasteiger partial charge in [0.15, 0.2) is 23.0 Å². The Labute approximate surface area is 240 Å². The van der Waals surface area contributed by atoms with E-state index in [9.17, 15) is 5.11 Å². The molecule has 5 rings (SSSR count). The highest BCUT2D eigenvalue weighted by Crippen LogP contribution is 2.46. The van der Waals surface area contributed by atoms with Gasteiger partial charge < -0.3 is 35.7 Å². The first-order valence-corrected chi connectivity index (χ1v) is 12.7. The van der Waals surface area contributed by atoms with Crippen molar-refractivity contribution in [1.29, 1.82) is 11.1 Å². The zero-order valence-electron chi connectivity index (χ0n) is 23.1. The van der Waals surface area contributed by atoms with Crippen molar-refractivity contribution in [2.45, 2.75) is 12.5 Å². The lowest BCUT2D eigenvalue weighted by Crippen LogP contribution is -2.33. The molecule has 14 nitrogen and oxygen atoms in total. The number of benzene rings is 4. The molecule has 1 heterocycles. The third-order valence-electron chi connectivity index (χ3n) is 7.26. The topological polar surface area (TPSA) is 210 Å². The monoisotopic (exact) mass is 571 g/mol. The fourth-order valence-corrected chi connectivity index (χ4v) is 5.40. The van der Waals surface area contributed by atoms with Crippen LogP contribution in [0, 0.1) is 11.1 Å². The van der Waals surface area contributed by atoms with Crippen molar-refractivity contribution in [2.24, 2.45) is 32.1 Å². The molecule has 7 N–H and O–H groups in total. The number of amidine groups is 2. The quantitative estimate of drug-likeness (QED) is 0.0570. The first-order valence-electron chi connectivity index (χ1n) is 12.7. The third kappa shape index (κ3) is 4.94. The highest BCUT2D eigenvalue weighted by atomic mass is 16.5. The number of hydrogen-bond acceptors (Lipinski definition) is 12. The minimum absolute atomic E-state index is 0.112. The molecule has 4 aromatic carbocycles. The Balaban J connectivity index is 1.80. The van der Waals surface area contributed by atoms with E-state index in [1.807, 2.05) is 25.2 Å². The van der Waals surface area contributed by atoms with Gasteiger partial charge >= 0.3 is 12.0 Å². The molecule has 0 fully saturated rings. The van der Waals surface area contributed by atoms with E-state index >= 15 is 0 Å². The zero-order valence-corrected chi connectivity index (χ0v) is 23.1. The Kier molecular flexibility index (Phi) is 7.71. The highest BCUT2D eigenvalue weighted by Gasteiger charge is 2.31. The van der Waals surface area contributed by atoms with Crippen LogP contribution in [-0.4, -0.2) is 49.9 Å². The summed E-state index contributed by atoms with van der Waals surface area (Å²) in [6, 6.07) is 13.6. The van der Waals surface area contributed by atoms with E-state index in [2.05, 4.69) is 31.4 Å². The number of methoxy groups -OCH3 is 2. The fraction of sp³-hybridized carbons (Fsp3) is 0.214. The van der Waals surface area contributed by atoms with Gasteiger partial charge in [-0.25, -0.2) is 0 Å². The van der Waals surface area contributed by atoms with Crippen LogP contribution in [0.5, 0.6) is 28.7 Å². The predicted molar refractivity (Wildman–Crippen MR) is 156 cm³/mol. The van der Waals surface area contributed by atoms with Crippen molar-refractivity contribution in [3.05, 3.63) is 65.2 Å². The van der Waals surface area contributed by atoms with Crippen molar-refractivity contribution < 1.29 is 24.1 Å². The van der Waals surface area contributed by atoms with Crippen LogP contribution in [-0.2, 0) is 6.42 Å². The minimum Gasteiger partial charge on any atom is -0.508 e. The Morgan fingerprint density at radius 1 is 0.810 bits per heavy atom. The first kappa shape index (κ1) is 28.0. The van der Waals surface area contributed by atoms with Crippen LogP contribution in [0.3, 0.4) is 0 Å². The summed E-state index contributed by atoms with van der Waals surface area (Å²) in [6.07, 6.45) is 0.663. The lowest BCUT2D eigenvalue weighted by Gasteiger charge is -2.36. The maximum absolute atomic E-state index is 10.3. The summed E-state index contributed by atoms with van der Waals surface area (Å²) in [5.74, 6) is 12.2. The van der Waals surface area contributed by atoms with E-state index in [1.54, 1.807) is 38.5 Å². The van der Waals surface area contributed by atoms with E-state index in [4.69, 9.17) is 41.7 Å². The van der Waals surface area contributed by atoms with Gasteiger partial charge in [0, 0.05) is 6.54 Å². The maximum Gasteiger partial charge on any atom is 0.357 e. The van der Waals surface area contributed by atoms with Crippen LogP contribution in [0.25, 0.3) is 21.5 Å². The molecule has 0 saturated heterocycles. The highest BCUT2D eigenvalue weighted by molar-refractivity contribution is 6.10. The number of aromatic hydroxyl groups is 1. The van der Waals surface area contributed by atoms with Crippen LogP contribution < -0.4 is 30.6 Å². The van der Waals surface area contributed by atoms with Gasteiger partial charge in [-0.3, -0.25) is 4.90 Å². The third-order valence-corrected chi connectivity index (χ3v) is 7.26. The molecule has 1 unspecified atom stereocenters. The number of hydrazone groups is 2. The second-order valence-corrected chi connectivity index (χ2v) is 9.51. The van der Waals surface area contributed by atoms with Gasteiger partial charge in [0.25, 0.3) is 0 Å².